The van der Waals surface area contributed by atoms with Crippen LogP contribution in [0, 0.1) is 29.2 Å². The van der Waals surface area contributed by atoms with Gasteiger partial charge in [-0.1, -0.05) is 29.3 Å². The number of Topliss-reactive ketones (excluding diaryl/α,β-unsaturated/α-hetero) is 1. The third-order valence-electron chi connectivity index (χ3n) is 5.75. The Hall–Kier alpha value is -3.58. The smallest absolute Gasteiger partial charge is 0.415 e. The number of hydrogen-bond donors (Lipinski definition) is 2. The lowest BCUT2D eigenvalue weighted by molar-refractivity contribution is -0.141. The third-order valence-corrected chi connectivity index (χ3v) is 6.55. The summed E-state index contributed by atoms with van der Waals surface area (Å²) >= 11 is 11.9. The minimum atomic E-state index is -1.89. The molecule has 2 aromatic rings. The quantitative estimate of drug-likeness (QED) is 0.326. The number of benzene rings is 2. The number of carboxylic acids is 1. The van der Waals surface area contributed by atoms with Crippen LogP contribution in [0.4, 0.5) is 22.4 Å². The van der Waals surface area contributed by atoms with Gasteiger partial charge < -0.3 is 24.8 Å². The molecule has 39 heavy (non-hydrogen) atoms. The van der Waals surface area contributed by atoms with E-state index in [1.807, 2.05) is 0 Å². The highest BCUT2D eigenvalue weighted by Crippen LogP contribution is 2.32. The van der Waals surface area contributed by atoms with Crippen LogP contribution >= 0.6 is 23.2 Å². The largest absolute Gasteiger partial charge is 0.481 e. The van der Waals surface area contributed by atoms with E-state index >= 15 is 0 Å². The number of ketones is 1. The summed E-state index contributed by atoms with van der Waals surface area (Å²) in [6, 6.07) is 2.77. The van der Waals surface area contributed by atoms with E-state index in [1.54, 1.807) is 0 Å². The average Bonchev–Trinajstić information content (AvgIpc) is 2.89. The standard InChI is InChI=1S/C24H20Cl2F4N2O7/c25-12-2-1-3-17(19(12)26)39-24(37)32-6-4-11(5-7-32)23(36)31-15(9-18(34)35)16(33)10-38-22-20(29)13(27)8-14(28)21(22)30/h1-3,8,11,15H,4-7,9-10H2,(H,31,36)(H,34,35)/t15-/m0/s1. The first-order chi connectivity index (χ1) is 18.4. The number of aliphatic carboxylic acids is 1. The highest BCUT2D eigenvalue weighted by atomic mass is 35.5. The Morgan fingerprint density at radius 2 is 1.67 bits per heavy atom. The lowest BCUT2D eigenvalue weighted by Crippen LogP contribution is -2.49. The van der Waals surface area contributed by atoms with Gasteiger partial charge in [-0.05, 0) is 25.0 Å². The third kappa shape index (κ3) is 7.51. The van der Waals surface area contributed by atoms with Crippen molar-refractivity contribution in [1.29, 1.82) is 0 Å². The van der Waals surface area contributed by atoms with Gasteiger partial charge in [0, 0.05) is 25.1 Å². The van der Waals surface area contributed by atoms with Gasteiger partial charge in [-0.15, -0.1) is 0 Å². The Kier molecular flexibility index (Phi) is 9.97. The van der Waals surface area contributed by atoms with Crippen LogP contribution < -0.4 is 14.8 Å². The van der Waals surface area contributed by atoms with Crippen LogP contribution in [0.3, 0.4) is 0 Å². The van der Waals surface area contributed by atoms with E-state index in [0.717, 1.165) is 0 Å². The normalized spacial score (nSPS) is 14.5. The van der Waals surface area contributed by atoms with Crippen molar-refractivity contribution in [2.24, 2.45) is 5.92 Å². The van der Waals surface area contributed by atoms with Crippen molar-refractivity contribution in [3.05, 3.63) is 57.6 Å². The molecule has 0 spiro atoms. The van der Waals surface area contributed by atoms with Gasteiger partial charge in [0.15, 0.2) is 28.9 Å². The fourth-order valence-corrected chi connectivity index (χ4v) is 4.01. The number of carbonyl (C=O) groups excluding carboxylic acids is 3. The molecule has 0 radical (unpaired) electrons. The molecule has 1 heterocycles. The Bertz CT molecular complexity index is 1260. The van der Waals surface area contributed by atoms with Crippen LogP contribution in [0.25, 0.3) is 0 Å². The van der Waals surface area contributed by atoms with Crippen molar-refractivity contribution in [3.8, 4) is 11.5 Å². The van der Waals surface area contributed by atoms with Gasteiger partial charge in [-0.2, -0.15) is 8.78 Å². The predicted octanol–water partition coefficient (Wildman–Crippen LogP) is 4.37. The molecule has 1 aliphatic rings. The highest BCUT2D eigenvalue weighted by Gasteiger charge is 2.32. The molecule has 0 aliphatic carbocycles. The highest BCUT2D eigenvalue weighted by molar-refractivity contribution is 6.43. The van der Waals surface area contributed by atoms with Crippen molar-refractivity contribution < 1.29 is 51.3 Å². The van der Waals surface area contributed by atoms with E-state index < -0.39 is 77.8 Å². The second-order valence-electron chi connectivity index (χ2n) is 8.39. The Labute approximate surface area is 228 Å². The van der Waals surface area contributed by atoms with E-state index in [1.165, 1.54) is 23.1 Å². The number of ether oxygens (including phenoxy) is 2. The second kappa shape index (κ2) is 13.0. The fraction of sp³-hybridized carbons (Fsp3) is 0.333. The molecule has 3 rings (SSSR count). The summed E-state index contributed by atoms with van der Waals surface area (Å²) < 4.78 is 64.1. The van der Waals surface area contributed by atoms with Gasteiger partial charge in [-0.25, -0.2) is 13.6 Å². The molecular weight excluding hydrogens is 575 g/mol. The van der Waals surface area contributed by atoms with Crippen molar-refractivity contribution in [2.45, 2.75) is 25.3 Å². The molecule has 0 saturated carbocycles. The number of rotatable bonds is 9. The number of carboxylic acid groups (broad SMARTS) is 1. The van der Waals surface area contributed by atoms with Gasteiger partial charge in [0.25, 0.3) is 0 Å². The number of halogens is 6. The number of likely N-dealkylation sites (tertiary alicyclic amines) is 1. The zero-order valence-corrected chi connectivity index (χ0v) is 21.3. The molecule has 1 saturated heterocycles. The van der Waals surface area contributed by atoms with Gasteiger partial charge >= 0.3 is 12.1 Å². The molecule has 15 heteroatoms. The fourth-order valence-electron chi connectivity index (χ4n) is 3.68. The molecule has 2 aromatic carbocycles. The van der Waals surface area contributed by atoms with Crippen LogP contribution in [0.1, 0.15) is 19.3 Å². The van der Waals surface area contributed by atoms with Gasteiger partial charge in [0.05, 0.1) is 11.4 Å². The lowest BCUT2D eigenvalue weighted by Gasteiger charge is -2.31. The average molecular weight is 595 g/mol. The minimum Gasteiger partial charge on any atom is -0.481 e. The first-order valence-electron chi connectivity index (χ1n) is 11.3. The maximum atomic E-state index is 13.8. The molecule has 0 aromatic heterocycles. The Morgan fingerprint density at radius 3 is 2.26 bits per heavy atom. The van der Waals surface area contributed by atoms with Crippen molar-refractivity contribution >= 4 is 47.0 Å². The number of nitrogens with one attached hydrogen (secondary N) is 1. The van der Waals surface area contributed by atoms with Crippen LogP contribution in [0.15, 0.2) is 24.3 Å². The van der Waals surface area contributed by atoms with Crippen LogP contribution in [-0.4, -0.2) is 59.5 Å². The molecular formula is C24H20Cl2F4N2O7. The zero-order valence-electron chi connectivity index (χ0n) is 19.8. The van der Waals surface area contributed by atoms with E-state index in [9.17, 15) is 36.7 Å². The number of piperidine rings is 1. The van der Waals surface area contributed by atoms with Crippen LogP contribution in [-0.2, 0) is 14.4 Å². The van der Waals surface area contributed by atoms with Gasteiger partial charge in [0.2, 0.25) is 17.5 Å². The molecule has 0 unspecified atom stereocenters. The SMILES string of the molecule is O=C(O)C[C@H](NC(=O)C1CCN(C(=O)Oc2cccc(Cl)c2Cl)CC1)C(=O)COc1c(F)c(F)cc(F)c1F. The number of carbonyl (C=O) groups is 4. The maximum Gasteiger partial charge on any atom is 0.415 e. The number of amides is 2. The van der Waals surface area contributed by atoms with Crippen molar-refractivity contribution in [2.75, 3.05) is 19.7 Å². The van der Waals surface area contributed by atoms with E-state index in [-0.39, 0.29) is 47.8 Å². The van der Waals surface area contributed by atoms with Crippen LogP contribution in [0.5, 0.6) is 11.5 Å². The van der Waals surface area contributed by atoms with Crippen LogP contribution in [0.2, 0.25) is 10.0 Å². The topological polar surface area (TPSA) is 122 Å². The summed E-state index contributed by atoms with van der Waals surface area (Å²) in [5.74, 6) is -12.8. The summed E-state index contributed by atoms with van der Waals surface area (Å²) in [6.45, 7) is -1.02. The van der Waals surface area contributed by atoms with E-state index in [2.05, 4.69) is 10.1 Å². The first-order valence-corrected chi connectivity index (χ1v) is 12.1. The molecule has 1 aliphatic heterocycles. The number of hydrogen-bond acceptors (Lipinski definition) is 6. The first kappa shape index (κ1) is 30.0. The van der Waals surface area contributed by atoms with E-state index in [0.29, 0.717) is 0 Å². The summed E-state index contributed by atoms with van der Waals surface area (Å²) in [5, 5.41) is 11.6. The summed E-state index contributed by atoms with van der Waals surface area (Å²) in [6.07, 6.45) is -1.37. The van der Waals surface area contributed by atoms with Gasteiger partial charge in [-0.3, -0.25) is 14.4 Å². The van der Waals surface area contributed by atoms with E-state index in [4.69, 9.17) is 33.0 Å². The molecule has 1 atom stereocenters. The summed E-state index contributed by atoms with van der Waals surface area (Å²) in [7, 11) is 0. The molecule has 1 fully saturated rings. The minimum absolute atomic E-state index is 0.0482. The monoisotopic (exact) mass is 594 g/mol. The summed E-state index contributed by atoms with van der Waals surface area (Å²) in [5.41, 5.74) is 0. The van der Waals surface area contributed by atoms with Crippen molar-refractivity contribution in [1.82, 2.24) is 10.2 Å². The molecule has 0 bridgehead atoms. The molecule has 210 valence electrons. The van der Waals surface area contributed by atoms with Crippen molar-refractivity contribution in [3.63, 3.8) is 0 Å². The summed E-state index contributed by atoms with van der Waals surface area (Å²) in [4.78, 5) is 50.2. The van der Waals surface area contributed by atoms with Gasteiger partial charge in [0.1, 0.15) is 17.7 Å². The Morgan fingerprint density at radius 1 is 1.05 bits per heavy atom. The molecule has 2 amide bonds. The molecule has 9 nitrogen and oxygen atoms in total. The predicted molar refractivity (Wildman–Crippen MR) is 128 cm³/mol. The Balaban J connectivity index is 1.57. The maximum absolute atomic E-state index is 13.8. The second-order valence-corrected chi connectivity index (χ2v) is 9.18. The molecule has 2 N–H and O–H groups in total. The zero-order chi connectivity index (χ0) is 28.9. The number of nitrogens with zero attached hydrogens (tertiary/aromatic N) is 1. The lowest BCUT2D eigenvalue weighted by atomic mass is 9.95.